The molecule has 1 aliphatic heterocycles. The van der Waals surface area contributed by atoms with Crippen LogP contribution in [0, 0.1) is 0 Å². The number of halogens is 2. The van der Waals surface area contributed by atoms with Crippen molar-refractivity contribution >= 4 is 29.1 Å². The summed E-state index contributed by atoms with van der Waals surface area (Å²) in [6.07, 6.45) is 2.61. The Labute approximate surface area is 129 Å². The summed E-state index contributed by atoms with van der Waals surface area (Å²) in [5.41, 5.74) is 0.497. The minimum atomic E-state index is -0.0279. The molecule has 1 aromatic rings. The van der Waals surface area contributed by atoms with Crippen LogP contribution in [0.1, 0.15) is 30.6 Å². The SMILES string of the molecule is CCC(C)N1CCN(C(=O)c2cnc(Cl)c(Cl)c2)CC1. The molecule has 0 aromatic carbocycles. The second-order valence-corrected chi connectivity index (χ2v) is 5.85. The summed E-state index contributed by atoms with van der Waals surface area (Å²) in [7, 11) is 0. The van der Waals surface area contributed by atoms with Gasteiger partial charge < -0.3 is 4.90 Å². The zero-order valence-electron chi connectivity index (χ0n) is 11.8. The molecule has 1 amide bonds. The Morgan fingerprint density at radius 1 is 1.35 bits per heavy atom. The lowest BCUT2D eigenvalue weighted by Gasteiger charge is -2.37. The summed E-state index contributed by atoms with van der Waals surface area (Å²) < 4.78 is 0. The van der Waals surface area contributed by atoms with Crippen molar-refractivity contribution in [2.24, 2.45) is 0 Å². The lowest BCUT2D eigenvalue weighted by Crippen LogP contribution is -2.51. The molecule has 110 valence electrons. The van der Waals surface area contributed by atoms with Gasteiger partial charge in [-0.2, -0.15) is 0 Å². The number of hydrogen-bond donors (Lipinski definition) is 0. The molecule has 1 atom stereocenters. The summed E-state index contributed by atoms with van der Waals surface area (Å²) in [6, 6.07) is 2.15. The Balaban J connectivity index is 1.99. The molecule has 0 saturated carbocycles. The maximum atomic E-state index is 12.4. The molecule has 0 spiro atoms. The topological polar surface area (TPSA) is 36.4 Å². The number of aromatic nitrogens is 1. The van der Waals surface area contributed by atoms with Gasteiger partial charge in [0.05, 0.1) is 10.6 Å². The van der Waals surface area contributed by atoms with Crippen molar-refractivity contribution in [3.05, 3.63) is 28.0 Å². The molecule has 2 heterocycles. The van der Waals surface area contributed by atoms with Crippen molar-refractivity contribution < 1.29 is 4.79 Å². The zero-order chi connectivity index (χ0) is 14.7. The Morgan fingerprint density at radius 2 is 2.00 bits per heavy atom. The third kappa shape index (κ3) is 3.43. The van der Waals surface area contributed by atoms with Gasteiger partial charge in [0, 0.05) is 38.4 Å². The first-order valence-electron chi connectivity index (χ1n) is 6.87. The van der Waals surface area contributed by atoms with Gasteiger partial charge >= 0.3 is 0 Å². The summed E-state index contributed by atoms with van der Waals surface area (Å²) >= 11 is 11.7. The first-order valence-corrected chi connectivity index (χ1v) is 7.63. The van der Waals surface area contributed by atoms with Crippen molar-refractivity contribution in [1.29, 1.82) is 0 Å². The third-order valence-corrected chi connectivity index (χ3v) is 4.54. The fraction of sp³-hybridized carbons (Fsp3) is 0.571. The van der Waals surface area contributed by atoms with E-state index < -0.39 is 0 Å². The highest BCUT2D eigenvalue weighted by atomic mass is 35.5. The van der Waals surface area contributed by atoms with Gasteiger partial charge in [-0.25, -0.2) is 4.98 Å². The lowest BCUT2D eigenvalue weighted by molar-refractivity contribution is 0.0579. The molecule has 1 fully saturated rings. The lowest BCUT2D eigenvalue weighted by atomic mass is 10.1. The van der Waals surface area contributed by atoms with E-state index in [1.165, 1.54) is 6.20 Å². The second kappa shape index (κ2) is 6.74. The van der Waals surface area contributed by atoms with E-state index in [1.807, 2.05) is 4.90 Å². The van der Waals surface area contributed by atoms with Crippen LogP contribution in [0.5, 0.6) is 0 Å². The maximum absolute atomic E-state index is 12.4. The fourth-order valence-corrected chi connectivity index (χ4v) is 2.61. The van der Waals surface area contributed by atoms with E-state index >= 15 is 0 Å². The van der Waals surface area contributed by atoms with Gasteiger partial charge in [0.2, 0.25) is 0 Å². The number of carbonyl (C=O) groups excluding carboxylic acids is 1. The summed E-state index contributed by atoms with van der Waals surface area (Å²) in [5, 5.41) is 0.542. The van der Waals surface area contributed by atoms with E-state index in [1.54, 1.807) is 6.07 Å². The predicted molar refractivity (Wildman–Crippen MR) is 81.5 cm³/mol. The average Bonchev–Trinajstić information content (AvgIpc) is 2.48. The largest absolute Gasteiger partial charge is 0.336 e. The van der Waals surface area contributed by atoms with Gasteiger partial charge in [-0.15, -0.1) is 0 Å². The van der Waals surface area contributed by atoms with Crippen molar-refractivity contribution in [1.82, 2.24) is 14.8 Å². The number of amides is 1. The molecule has 0 radical (unpaired) electrons. The molecular formula is C14H19Cl2N3O. The quantitative estimate of drug-likeness (QED) is 0.805. The zero-order valence-corrected chi connectivity index (χ0v) is 13.3. The molecule has 1 unspecified atom stereocenters. The van der Waals surface area contributed by atoms with Crippen molar-refractivity contribution in [3.63, 3.8) is 0 Å². The normalized spacial score (nSPS) is 18.1. The Kier molecular flexibility index (Phi) is 5.24. The maximum Gasteiger partial charge on any atom is 0.255 e. The minimum absolute atomic E-state index is 0.0279. The van der Waals surface area contributed by atoms with Crippen LogP contribution >= 0.6 is 23.2 Å². The molecule has 0 bridgehead atoms. The van der Waals surface area contributed by atoms with Gasteiger partial charge in [0.15, 0.2) is 0 Å². The molecule has 2 rings (SSSR count). The van der Waals surface area contributed by atoms with Gasteiger partial charge in [0.1, 0.15) is 5.15 Å². The third-order valence-electron chi connectivity index (χ3n) is 3.86. The minimum Gasteiger partial charge on any atom is -0.336 e. The molecule has 4 nitrogen and oxygen atoms in total. The predicted octanol–water partition coefficient (Wildman–Crippen LogP) is 2.94. The highest BCUT2D eigenvalue weighted by Gasteiger charge is 2.24. The van der Waals surface area contributed by atoms with E-state index in [-0.39, 0.29) is 11.1 Å². The smallest absolute Gasteiger partial charge is 0.255 e. The molecule has 1 aromatic heterocycles. The Hall–Kier alpha value is -0.840. The Bertz CT molecular complexity index is 487. The van der Waals surface area contributed by atoms with Crippen LogP contribution in [0.25, 0.3) is 0 Å². The molecule has 0 N–H and O–H groups in total. The van der Waals surface area contributed by atoms with Crippen LogP contribution in [0.15, 0.2) is 12.3 Å². The van der Waals surface area contributed by atoms with Crippen molar-refractivity contribution in [2.45, 2.75) is 26.3 Å². The number of nitrogens with zero attached hydrogens (tertiary/aromatic N) is 3. The molecule has 20 heavy (non-hydrogen) atoms. The van der Waals surface area contributed by atoms with E-state index in [2.05, 4.69) is 23.7 Å². The van der Waals surface area contributed by atoms with Crippen LogP contribution in [0.3, 0.4) is 0 Å². The summed E-state index contributed by atoms with van der Waals surface area (Å²) in [5.74, 6) is -0.0279. The van der Waals surface area contributed by atoms with E-state index in [0.29, 0.717) is 16.6 Å². The molecule has 0 aliphatic carbocycles. The molecule has 1 aliphatic rings. The van der Waals surface area contributed by atoms with Crippen molar-refractivity contribution in [3.8, 4) is 0 Å². The van der Waals surface area contributed by atoms with Gasteiger partial charge in [0.25, 0.3) is 5.91 Å². The van der Waals surface area contributed by atoms with Crippen LogP contribution in [0.2, 0.25) is 10.2 Å². The number of rotatable bonds is 3. The van der Waals surface area contributed by atoms with Gasteiger partial charge in [-0.05, 0) is 19.4 Å². The number of carbonyl (C=O) groups is 1. The van der Waals surface area contributed by atoms with Crippen LogP contribution < -0.4 is 0 Å². The molecule has 1 saturated heterocycles. The number of hydrogen-bond acceptors (Lipinski definition) is 3. The monoisotopic (exact) mass is 315 g/mol. The first kappa shape index (κ1) is 15.5. The van der Waals surface area contributed by atoms with E-state index in [9.17, 15) is 4.79 Å². The second-order valence-electron chi connectivity index (χ2n) is 5.08. The van der Waals surface area contributed by atoms with E-state index in [0.717, 1.165) is 32.6 Å². The molecule has 6 heteroatoms. The highest BCUT2D eigenvalue weighted by Crippen LogP contribution is 2.21. The highest BCUT2D eigenvalue weighted by molar-refractivity contribution is 6.41. The first-order chi connectivity index (χ1) is 9.52. The van der Waals surface area contributed by atoms with Gasteiger partial charge in [-0.3, -0.25) is 9.69 Å². The van der Waals surface area contributed by atoms with Crippen LogP contribution in [0.4, 0.5) is 0 Å². The van der Waals surface area contributed by atoms with Crippen LogP contribution in [-0.4, -0.2) is 52.9 Å². The van der Waals surface area contributed by atoms with E-state index in [4.69, 9.17) is 23.2 Å². The standard InChI is InChI=1S/C14H19Cl2N3O/c1-3-10(2)18-4-6-19(7-5-18)14(20)11-8-12(15)13(16)17-9-11/h8-10H,3-7H2,1-2H3. The van der Waals surface area contributed by atoms with Gasteiger partial charge in [-0.1, -0.05) is 30.1 Å². The number of pyridine rings is 1. The molecular weight excluding hydrogens is 297 g/mol. The summed E-state index contributed by atoms with van der Waals surface area (Å²) in [6.45, 7) is 7.71. The fourth-order valence-electron chi connectivity index (χ4n) is 2.34. The Morgan fingerprint density at radius 3 is 2.55 bits per heavy atom. The average molecular weight is 316 g/mol. The summed E-state index contributed by atoms with van der Waals surface area (Å²) in [4.78, 5) is 20.6. The van der Waals surface area contributed by atoms with Crippen molar-refractivity contribution in [2.75, 3.05) is 26.2 Å². The number of piperazine rings is 1. The van der Waals surface area contributed by atoms with Crippen LogP contribution in [-0.2, 0) is 0 Å².